The number of aryl methyl sites for hydroxylation is 2. The van der Waals surface area contributed by atoms with E-state index in [1.54, 1.807) is 20.8 Å². The molecule has 2 aromatic rings. The van der Waals surface area contributed by atoms with Gasteiger partial charge in [-0.3, -0.25) is 4.79 Å². The fourth-order valence-corrected chi connectivity index (χ4v) is 5.13. The number of carbonyl (C=O) groups excluding carboxylic acids is 2. The number of rotatable bonds is 7. The van der Waals surface area contributed by atoms with Crippen LogP contribution in [0.1, 0.15) is 89.9 Å². The molecule has 0 spiro atoms. The normalized spacial score (nSPS) is 16.0. The lowest BCUT2D eigenvalue weighted by Crippen LogP contribution is -2.19. The van der Waals surface area contributed by atoms with Crippen LogP contribution in [0.2, 0.25) is 0 Å². The molecule has 7 nitrogen and oxygen atoms in total. The third kappa shape index (κ3) is 4.42. The highest BCUT2D eigenvalue weighted by Crippen LogP contribution is 2.34. The van der Waals surface area contributed by atoms with Crippen LogP contribution in [0.3, 0.4) is 0 Å². The van der Waals surface area contributed by atoms with Gasteiger partial charge in [0.15, 0.2) is 10.9 Å². The van der Waals surface area contributed by atoms with Crippen molar-refractivity contribution in [2.45, 2.75) is 83.2 Å². The zero-order valence-electron chi connectivity index (χ0n) is 17.9. The average Bonchev–Trinajstić information content (AvgIpc) is 3.20. The van der Waals surface area contributed by atoms with E-state index in [2.05, 4.69) is 19.7 Å². The van der Waals surface area contributed by atoms with Gasteiger partial charge in [0.25, 0.3) is 0 Å². The highest BCUT2D eigenvalue weighted by molar-refractivity contribution is 8.00. The summed E-state index contributed by atoms with van der Waals surface area (Å²) in [5.41, 5.74) is 2.21. The van der Waals surface area contributed by atoms with E-state index in [9.17, 15) is 9.59 Å². The van der Waals surface area contributed by atoms with Crippen LogP contribution in [0, 0.1) is 20.8 Å². The predicted octanol–water partition coefficient (Wildman–Crippen LogP) is 4.58. The maximum Gasteiger partial charge on any atom is 0.340 e. The Bertz CT molecular complexity index is 896. The van der Waals surface area contributed by atoms with E-state index in [0.29, 0.717) is 35.2 Å². The Labute approximate surface area is 176 Å². The second kappa shape index (κ2) is 9.15. The van der Waals surface area contributed by atoms with Gasteiger partial charge in [0.2, 0.25) is 0 Å². The van der Waals surface area contributed by atoms with Crippen molar-refractivity contribution < 1.29 is 14.3 Å². The van der Waals surface area contributed by atoms with Crippen LogP contribution < -0.4 is 0 Å². The number of ketones is 1. The lowest BCUT2D eigenvalue weighted by molar-refractivity contribution is 0.0525. The lowest BCUT2D eigenvalue weighted by Gasteiger charge is -2.25. The number of hydrogen-bond acceptors (Lipinski definition) is 6. The Hall–Kier alpha value is -2.09. The quantitative estimate of drug-likeness (QED) is 0.402. The highest BCUT2D eigenvalue weighted by Gasteiger charge is 2.28. The summed E-state index contributed by atoms with van der Waals surface area (Å²) >= 11 is 1.43. The third-order valence-electron chi connectivity index (χ3n) is 5.59. The highest BCUT2D eigenvalue weighted by atomic mass is 32.2. The number of nitrogens with one attached hydrogen (secondary N) is 1. The van der Waals surface area contributed by atoms with Gasteiger partial charge in [0, 0.05) is 11.7 Å². The van der Waals surface area contributed by atoms with Crippen molar-refractivity contribution in [3.8, 4) is 0 Å². The van der Waals surface area contributed by atoms with Crippen molar-refractivity contribution in [3.05, 3.63) is 28.3 Å². The van der Waals surface area contributed by atoms with Gasteiger partial charge in [-0.15, -0.1) is 10.2 Å². The first kappa shape index (κ1) is 21.6. The standard InChI is InChI=1S/C21H30N4O3S/c1-6-28-20(27)17-12(2)18(22-13(17)3)19(26)14(4)29-21-24-23-15(5)25(21)16-10-8-7-9-11-16/h14,16,22H,6-11H2,1-5H3/t14-/m1/s1. The lowest BCUT2D eigenvalue weighted by atomic mass is 9.95. The number of hydrogen-bond donors (Lipinski definition) is 1. The van der Waals surface area contributed by atoms with E-state index in [4.69, 9.17) is 4.74 Å². The van der Waals surface area contributed by atoms with Gasteiger partial charge in [-0.05, 0) is 53.0 Å². The molecule has 8 heteroatoms. The molecule has 1 saturated carbocycles. The molecule has 2 aromatic heterocycles. The Kier molecular flexibility index (Phi) is 6.82. The SMILES string of the molecule is CCOC(=O)c1c(C)[nH]c(C(=O)[C@@H](C)Sc2nnc(C)n2C2CCCCC2)c1C. The maximum atomic E-state index is 13.1. The summed E-state index contributed by atoms with van der Waals surface area (Å²) in [6.45, 7) is 9.50. The summed E-state index contributed by atoms with van der Waals surface area (Å²) in [5, 5.41) is 9.05. The molecule has 0 radical (unpaired) electrons. The van der Waals surface area contributed by atoms with Gasteiger partial charge in [-0.25, -0.2) is 4.79 Å². The van der Waals surface area contributed by atoms with E-state index in [1.165, 1.54) is 31.0 Å². The molecule has 2 heterocycles. The van der Waals surface area contributed by atoms with Gasteiger partial charge >= 0.3 is 5.97 Å². The summed E-state index contributed by atoms with van der Waals surface area (Å²) < 4.78 is 7.33. The van der Waals surface area contributed by atoms with Gasteiger partial charge in [-0.2, -0.15) is 0 Å². The molecular formula is C21H30N4O3S. The minimum Gasteiger partial charge on any atom is -0.462 e. The van der Waals surface area contributed by atoms with E-state index < -0.39 is 5.97 Å². The Balaban J connectivity index is 1.80. The molecule has 0 unspecified atom stereocenters. The molecule has 29 heavy (non-hydrogen) atoms. The molecule has 158 valence electrons. The van der Waals surface area contributed by atoms with Crippen molar-refractivity contribution in [1.82, 2.24) is 19.7 Å². The summed E-state index contributed by atoms with van der Waals surface area (Å²) in [5.74, 6) is 0.448. The molecule has 1 N–H and O–H groups in total. The number of thioether (sulfide) groups is 1. The first-order valence-electron chi connectivity index (χ1n) is 10.3. The van der Waals surface area contributed by atoms with Crippen LogP contribution in [-0.4, -0.2) is 43.4 Å². The predicted molar refractivity (Wildman–Crippen MR) is 113 cm³/mol. The number of aromatic amines is 1. The fourth-order valence-electron chi connectivity index (χ4n) is 4.11. The van der Waals surface area contributed by atoms with Crippen LogP contribution in [0.25, 0.3) is 0 Å². The monoisotopic (exact) mass is 418 g/mol. The molecule has 3 rings (SSSR count). The van der Waals surface area contributed by atoms with Crippen molar-refractivity contribution in [2.75, 3.05) is 6.61 Å². The van der Waals surface area contributed by atoms with Crippen LogP contribution >= 0.6 is 11.8 Å². The van der Waals surface area contributed by atoms with Gasteiger partial charge in [-0.1, -0.05) is 31.0 Å². The Morgan fingerprint density at radius 2 is 1.90 bits per heavy atom. The fraction of sp³-hybridized carbons (Fsp3) is 0.619. The molecule has 0 aliphatic heterocycles. The molecule has 1 fully saturated rings. The maximum absolute atomic E-state index is 13.1. The average molecular weight is 419 g/mol. The summed E-state index contributed by atoms with van der Waals surface area (Å²) in [7, 11) is 0. The molecular weight excluding hydrogens is 388 g/mol. The molecule has 0 amide bonds. The number of esters is 1. The minimum atomic E-state index is -0.397. The number of nitrogens with zero attached hydrogens (tertiary/aromatic N) is 3. The molecule has 1 atom stereocenters. The second-order valence-corrected chi connectivity index (χ2v) is 8.97. The number of aromatic nitrogens is 4. The van der Waals surface area contributed by atoms with Gasteiger partial charge in [0.05, 0.1) is 23.1 Å². The van der Waals surface area contributed by atoms with Crippen LogP contribution in [-0.2, 0) is 4.74 Å². The van der Waals surface area contributed by atoms with Crippen molar-refractivity contribution in [3.63, 3.8) is 0 Å². The molecule has 1 aliphatic carbocycles. The van der Waals surface area contributed by atoms with E-state index in [0.717, 1.165) is 23.8 Å². The minimum absolute atomic E-state index is 0.0537. The van der Waals surface area contributed by atoms with Crippen LogP contribution in [0.5, 0.6) is 0 Å². The van der Waals surface area contributed by atoms with Crippen LogP contribution in [0.4, 0.5) is 0 Å². The Morgan fingerprint density at radius 1 is 1.21 bits per heavy atom. The number of carbonyl (C=O) groups is 2. The zero-order chi connectivity index (χ0) is 21.1. The first-order chi connectivity index (χ1) is 13.8. The topological polar surface area (TPSA) is 89.9 Å². The summed E-state index contributed by atoms with van der Waals surface area (Å²) in [6.07, 6.45) is 5.99. The van der Waals surface area contributed by atoms with E-state index >= 15 is 0 Å². The second-order valence-electron chi connectivity index (χ2n) is 7.66. The summed E-state index contributed by atoms with van der Waals surface area (Å²) in [6, 6.07) is 0.411. The molecule has 0 bridgehead atoms. The number of H-pyrrole nitrogens is 1. The van der Waals surface area contributed by atoms with Crippen molar-refractivity contribution in [2.24, 2.45) is 0 Å². The van der Waals surface area contributed by atoms with Crippen molar-refractivity contribution >= 4 is 23.5 Å². The zero-order valence-corrected chi connectivity index (χ0v) is 18.7. The smallest absolute Gasteiger partial charge is 0.340 e. The van der Waals surface area contributed by atoms with Crippen molar-refractivity contribution in [1.29, 1.82) is 0 Å². The van der Waals surface area contributed by atoms with Gasteiger partial charge in [0.1, 0.15) is 5.82 Å². The molecule has 0 aromatic carbocycles. The number of ether oxygens (including phenoxy) is 1. The van der Waals surface area contributed by atoms with Gasteiger partial charge < -0.3 is 14.3 Å². The third-order valence-corrected chi connectivity index (χ3v) is 6.65. The van der Waals surface area contributed by atoms with E-state index in [-0.39, 0.29) is 11.0 Å². The molecule has 0 saturated heterocycles. The van der Waals surface area contributed by atoms with E-state index in [1.807, 2.05) is 13.8 Å². The largest absolute Gasteiger partial charge is 0.462 e. The summed E-state index contributed by atoms with van der Waals surface area (Å²) in [4.78, 5) is 28.5. The van der Waals surface area contributed by atoms with Crippen LogP contribution in [0.15, 0.2) is 5.16 Å². The molecule has 1 aliphatic rings. The number of Topliss-reactive ketones (excluding diaryl/α,β-unsaturated/α-hetero) is 1. The Morgan fingerprint density at radius 3 is 2.55 bits per heavy atom. The first-order valence-corrected chi connectivity index (χ1v) is 11.2.